The van der Waals surface area contributed by atoms with Gasteiger partial charge in [-0.25, -0.2) is 0 Å². The topological polar surface area (TPSA) is 3.24 Å². The van der Waals surface area contributed by atoms with Crippen molar-refractivity contribution in [3.63, 3.8) is 0 Å². The Labute approximate surface area is 137 Å². The minimum absolute atomic E-state index is 0.860. The van der Waals surface area contributed by atoms with Gasteiger partial charge >= 0.3 is 0 Å². The molecule has 2 bridgehead atoms. The molecule has 0 atom stereocenters. The van der Waals surface area contributed by atoms with E-state index in [1.807, 2.05) is 0 Å². The zero-order chi connectivity index (χ0) is 15.4. The third-order valence-electron chi connectivity index (χ3n) is 6.06. The van der Waals surface area contributed by atoms with Gasteiger partial charge in [0.25, 0.3) is 0 Å². The lowest BCUT2D eigenvalue weighted by atomic mass is 9.24. The third-order valence-corrected chi connectivity index (χ3v) is 6.06. The number of benzene rings is 1. The molecule has 0 aromatic heterocycles. The first-order valence-corrected chi connectivity index (χ1v) is 9.56. The zero-order valence-corrected chi connectivity index (χ0v) is 14.6. The van der Waals surface area contributed by atoms with Gasteiger partial charge in [0, 0.05) is 6.54 Å². The summed E-state index contributed by atoms with van der Waals surface area (Å²) in [5.74, 6) is 1.93. The van der Waals surface area contributed by atoms with Crippen LogP contribution in [0.4, 0.5) is 0 Å². The maximum absolute atomic E-state index is 2.51. The molecule has 1 nitrogen and oxygen atoms in total. The Morgan fingerprint density at radius 2 is 1.68 bits per heavy atom. The van der Waals surface area contributed by atoms with Gasteiger partial charge in [-0.3, -0.25) is 0 Å². The van der Waals surface area contributed by atoms with Crippen molar-refractivity contribution in [3.8, 4) is 0 Å². The Kier molecular flexibility index (Phi) is 5.63. The van der Waals surface area contributed by atoms with Gasteiger partial charge in [-0.2, -0.15) is 0 Å². The van der Waals surface area contributed by atoms with Crippen LogP contribution in [0.15, 0.2) is 24.3 Å². The van der Waals surface area contributed by atoms with Crippen molar-refractivity contribution in [2.24, 2.45) is 0 Å². The van der Waals surface area contributed by atoms with Gasteiger partial charge < -0.3 is 4.90 Å². The Bertz CT molecular complexity index is 451. The van der Waals surface area contributed by atoms with Gasteiger partial charge in [0.1, 0.15) is 0 Å². The fraction of sp³-hybridized carbons (Fsp3) is 0.700. The van der Waals surface area contributed by atoms with Crippen LogP contribution in [-0.2, 0) is 6.54 Å². The summed E-state index contributed by atoms with van der Waals surface area (Å²) in [5, 5.41) is 0. The summed E-state index contributed by atoms with van der Waals surface area (Å²) in [7, 11) is 2.29. The molecule has 0 N–H and O–H groups in total. The second kappa shape index (κ2) is 7.68. The van der Waals surface area contributed by atoms with Crippen molar-refractivity contribution in [2.75, 3.05) is 13.6 Å². The molecule has 2 heterocycles. The van der Waals surface area contributed by atoms with E-state index in [2.05, 4.69) is 43.1 Å². The van der Waals surface area contributed by atoms with Gasteiger partial charge in [0.15, 0.2) is 6.71 Å². The van der Waals surface area contributed by atoms with Gasteiger partial charge in [0.05, 0.1) is 0 Å². The first kappa shape index (κ1) is 16.1. The SMILES string of the molecule is CCCCN(C)Cc1ccccc1B1C2CCCC1CCC2. The fourth-order valence-electron chi connectivity index (χ4n) is 4.99. The maximum Gasteiger partial charge on any atom is 0.182 e. The lowest BCUT2D eigenvalue weighted by Gasteiger charge is -2.41. The first-order valence-electron chi connectivity index (χ1n) is 9.56. The molecule has 0 saturated carbocycles. The zero-order valence-electron chi connectivity index (χ0n) is 14.6. The van der Waals surface area contributed by atoms with E-state index in [1.165, 1.54) is 57.9 Å². The number of hydrogen-bond acceptors (Lipinski definition) is 1. The molecular weight excluding hydrogens is 265 g/mol. The van der Waals surface area contributed by atoms with Crippen LogP contribution in [0.25, 0.3) is 0 Å². The molecule has 0 amide bonds. The lowest BCUT2D eigenvalue weighted by molar-refractivity contribution is 0.321. The molecule has 2 fully saturated rings. The summed E-state index contributed by atoms with van der Waals surface area (Å²) in [6.45, 7) is 5.50. The van der Waals surface area contributed by atoms with E-state index in [1.54, 1.807) is 11.0 Å². The highest BCUT2D eigenvalue weighted by molar-refractivity contribution is 6.76. The first-order chi connectivity index (χ1) is 10.8. The number of unbranched alkanes of at least 4 members (excludes halogenated alkanes) is 1. The van der Waals surface area contributed by atoms with Crippen LogP contribution in [0, 0.1) is 0 Å². The molecule has 22 heavy (non-hydrogen) atoms. The van der Waals surface area contributed by atoms with E-state index in [0.717, 1.165) is 24.9 Å². The largest absolute Gasteiger partial charge is 0.302 e. The Morgan fingerprint density at radius 3 is 2.32 bits per heavy atom. The number of rotatable bonds is 6. The van der Waals surface area contributed by atoms with Crippen LogP contribution in [0.5, 0.6) is 0 Å². The van der Waals surface area contributed by atoms with Crippen LogP contribution in [0.3, 0.4) is 0 Å². The minimum atomic E-state index is 0.860. The van der Waals surface area contributed by atoms with Crippen LogP contribution >= 0.6 is 0 Å². The molecule has 2 heteroatoms. The van der Waals surface area contributed by atoms with Crippen molar-refractivity contribution < 1.29 is 0 Å². The summed E-state index contributed by atoms with van der Waals surface area (Å²) < 4.78 is 0. The molecular formula is C20H32BN. The van der Waals surface area contributed by atoms with Crippen molar-refractivity contribution in [2.45, 2.75) is 76.5 Å². The van der Waals surface area contributed by atoms with Crippen molar-refractivity contribution >= 4 is 12.2 Å². The molecule has 0 spiro atoms. The Balaban J connectivity index is 1.78. The normalized spacial score (nSPS) is 24.8. The van der Waals surface area contributed by atoms with Gasteiger partial charge in [0.2, 0.25) is 0 Å². The average Bonchev–Trinajstić information content (AvgIpc) is 2.53. The Hall–Kier alpha value is -0.755. The van der Waals surface area contributed by atoms with Crippen LogP contribution in [0.2, 0.25) is 11.6 Å². The molecule has 2 aliphatic heterocycles. The van der Waals surface area contributed by atoms with Crippen LogP contribution in [0.1, 0.15) is 63.9 Å². The highest BCUT2D eigenvalue weighted by Crippen LogP contribution is 2.46. The quantitative estimate of drug-likeness (QED) is 0.686. The van der Waals surface area contributed by atoms with E-state index < -0.39 is 0 Å². The summed E-state index contributed by atoms with van der Waals surface area (Å²) >= 11 is 0. The molecule has 0 aliphatic carbocycles. The predicted octanol–water partition coefficient (Wildman–Crippen LogP) is 4.73. The summed E-state index contributed by atoms with van der Waals surface area (Å²) in [4.78, 5) is 2.51. The number of hydrogen-bond donors (Lipinski definition) is 0. The summed E-state index contributed by atoms with van der Waals surface area (Å²) in [6.07, 6.45) is 11.5. The van der Waals surface area contributed by atoms with Gasteiger partial charge in [-0.1, -0.05) is 93.2 Å². The molecule has 2 aliphatic rings. The van der Waals surface area contributed by atoms with Crippen LogP contribution in [-0.4, -0.2) is 25.2 Å². The molecule has 0 radical (unpaired) electrons. The van der Waals surface area contributed by atoms with Crippen molar-refractivity contribution in [1.29, 1.82) is 0 Å². The molecule has 3 rings (SSSR count). The number of nitrogens with zero attached hydrogens (tertiary/aromatic N) is 1. The third kappa shape index (κ3) is 3.59. The lowest BCUT2D eigenvalue weighted by Crippen LogP contribution is -2.46. The number of fused-ring (bicyclic) bond motifs is 2. The Morgan fingerprint density at radius 1 is 1.05 bits per heavy atom. The summed E-state index contributed by atoms with van der Waals surface area (Å²) in [5.41, 5.74) is 3.30. The molecule has 0 unspecified atom stereocenters. The highest BCUT2D eigenvalue weighted by atomic mass is 15.1. The van der Waals surface area contributed by atoms with E-state index in [0.29, 0.717) is 0 Å². The molecule has 2 saturated heterocycles. The smallest absolute Gasteiger partial charge is 0.182 e. The summed E-state index contributed by atoms with van der Waals surface area (Å²) in [6, 6.07) is 9.35. The van der Waals surface area contributed by atoms with E-state index >= 15 is 0 Å². The highest BCUT2D eigenvalue weighted by Gasteiger charge is 2.40. The fourth-order valence-corrected chi connectivity index (χ4v) is 4.99. The van der Waals surface area contributed by atoms with E-state index in [4.69, 9.17) is 0 Å². The van der Waals surface area contributed by atoms with Crippen LogP contribution < -0.4 is 5.46 Å². The second-order valence-electron chi connectivity index (χ2n) is 7.70. The predicted molar refractivity (Wildman–Crippen MR) is 98.3 cm³/mol. The standard InChI is InChI=1S/C20H32BN/c1-3-4-15-22(2)16-17-9-5-6-14-20(17)21-18-10-7-11-19(21)13-8-12-18/h5-6,9,14,18-19H,3-4,7-8,10-13,15-16H2,1-2H3. The molecule has 1 aromatic rings. The maximum atomic E-state index is 2.51. The molecule has 120 valence electrons. The van der Waals surface area contributed by atoms with Crippen molar-refractivity contribution in [3.05, 3.63) is 29.8 Å². The van der Waals surface area contributed by atoms with Gasteiger partial charge in [-0.05, 0) is 25.6 Å². The van der Waals surface area contributed by atoms with Crippen molar-refractivity contribution in [1.82, 2.24) is 4.90 Å². The monoisotopic (exact) mass is 297 g/mol. The second-order valence-corrected chi connectivity index (χ2v) is 7.70. The molecule has 1 aromatic carbocycles. The minimum Gasteiger partial charge on any atom is -0.302 e. The van der Waals surface area contributed by atoms with E-state index in [9.17, 15) is 0 Å². The van der Waals surface area contributed by atoms with Gasteiger partial charge in [-0.15, -0.1) is 0 Å². The average molecular weight is 297 g/mol. The van der Waals surface area contributed by atoms with E-state index in [-0.39, 0.29) is 0 Å².